The number of carbonyl (C=O) groups is 3. The summed E-state index contributed by atoms with van der Waals surface area (Å²) in [7, 11) is 0. The van der Waals surface area contributed by atoms with Gasteiger partial charge >= 0.3 is 0 Å². The minimum absolute atomic E-state index is 0. The topological polar surface area (TPSA) is 328 Å². The highest BCUT2D eigenvalue weighted by Crippen LogP contribution is 2.42. The number of fused-ring (bicyclic) bond motifs is 9. The number of hydrogen-bond acceptors (Lipinski definition) is 15. The quantitative estimate of drug-likeness (QED) is 0.0792. The van der Waals surface area contributed by atoms with Crippen LogP contribution in [-0.4, -0.2) is 76.3 Å². The summed E-state index contributed by atoms with van der Waals surface area (Å²) < 4.78 is 5.06. The number of nitrogen functional groups attached to an aromatic ring is 1. The number of nitrogens with one attached hydrogen (secondary N) is 8. The zero-order valence-electron chi connectivity index (χ0n) is 44.0. The van der Waals surface area contributed by atoms with E-state index in [1.165, 1.54) is 37.2 Å². The van der Waals surface area contributed by atoms with E-state index >= 15 is 0 Å². The van der Waals surface area contributed by atoms with E-state index in [2.05, 4.69) is 87.4 Å². The first-order valence-corrected chi connectivity index (χ1v) is 28.7. The van der Waals surface area contributed by atoms with Gasteiger partial charge in [0.1, 0.15) is 98.8 Å². The van der Waals surface area contributed by atoms with Gasteiger partial charge in [-0.25, -0.2) is 29.9 Å². The Morgan fingerprint density at radius 3 is 1.19 bits per heavy atom. The second-order valence-corrected chi connectivity index (χ2v) is 23.0. The summed E-state index contributed by atoms with van der Waals surface area (Å²) in [5.41, 5.74) is 6.32. The molecule has 3 aliphatic heterocycles. The SMILES string of the molecule is Cl.Nc1ncnc2[nH]ccc12.O=C1NC2(CCCCC2)n2c1c(Cl)cc(Br)c2=O.O=C1NC2(CCCCC2)n2c1c(Cl)cc(Nc1ncnc3[nH]ccc13)c2=O.O=C1NC2(CCCCC2)n2c1c(Cl)cc(Nc1ncnc3[nH]ccc13)c2=O. The molecule has 3 saturated carbocycles. The summed E-state index contributed by atoms with van der Waals surface area (Å²) in [5, 5.41) is 18.4. The first-order valence-electron chi connectivity index (χ1n) is 26.8. The number of nitrogens with two attached hydrogens (primary N) is 1. The first kappa shape index (κ1) is 57.0. The molecule has 0 radical (unpaired) electrons. The Labute approximate surface area is 500 Å². The maximum atomic E-state index is 13.3. The summed E-state index contributed by atoms with van der Waals surface area (Å²) in [6, 6.07) is 10.0. The van der Waals surface area contributed by atoms with Crippen molar-refractivity contribution in [3.63, 3.8) is 0 Å². The van der Waals surface area contributed by atoms with E-state index in [1.54, 1.807) is 32.3 Å². The van der Waals surface area contributed by atoms with Crippen LogP contribution < -0.4 is 49.0 Å². The average molecular weight is 1270 g/mol. The van der Waals surface area contributed by atoms with E-state index < -0.39 is 17.0 Å². The van der Waals surface area contributed by atoms with Gasteiger partial charge in [-0.3, -0.25) is 42.5 Å². The van der Waals surface area contributed by atoms with Gasteiger partial charge in [0.2, 0.25) is 0 Å². The van der Waals surface area contributed by atoms with Crippen LogP contribution in [0.3, 0.4) is 0 Å². The Bertz CT molecular complexity index is 4050. The fourth-order valence-corrected chi connectivity index (χ4v) is 13.7. The van der Waals surface area contributed by atoms with Gasteiger partial charge < -0.3 is 47.3 Å². The lowest BCUT2D eigenvalue weighted by Crippen LogP contribution is -2.48. The molecule has 15 rings (SSSR count). The second-order valence-electron chi connectivity index (χ2n) is 20.9. The largest absolute Gasteiger partial charge is 0.383 e. The number of halogens is 5. The van der Waals surface area contributed by atoms with Crippen LogP contribution >= 0.6 is 63.1 Å². The summed E-state index contributed by atoms with van der Waals surface area (Å²) >= 11 is 22.1. The lowest BCUT2D eigenvalue weighted by Gasteiger charge is -2.35. The van der Waals surface area contributed by atoms with E-state index in [1.807, 2.05) is 18.2 Å². The van der Waals surface area contributed by atoms with Crippen LogP contribution in [0.1, 0.15) is 128 Å². The number of anilines is 5. The molecule has 3 amide bonds. The van der Waals surface area contributed by atoms with E-state index in [4.69, 9.17) is 40.5 Å². The molecular formula is C54H53BrCl4N18O6. The predicted octanol–water partition coefficient (Wildman–Crippen LogP) is 9.34. The van der Waals surface area contributed by atoms with Crippen LogP contribution in [0.5, 0.6) is 0 Å². The zero-order valence-corrected chi connectivity index (χ0v) is 48.7. The molecule has 0 aromatic carbocycles. The third-order valence-corrected chi connectivity index (χ3v) is 17.5. The number of H-pyrrole nitrogens is 3. The summed E-state index contributed by atoms with van der Waals surface area (Å²) in [6.07, 6.45) is 23.2. The molecule has 0 bridgehead atoms. The monoisotopic (exact) mass is 1270 g/mol. The van der Waals surface area contributed by atoms with Crippen molar-refractivity contribution >= 4 is 143 Å². The van der Waals surface area contributed by atoms with Crippen molar-refractivity contribution in [3.05, 3.63) is 142 Å². The number of pyridine rings is 3. The van der Waals surface area contributed by atoms with Crippen molar-refractivity contribution in [1.29, 1.82) is 0 Å². The van der Waals surface area contributed by atoms with Crippen molar-refractivity contribution in [2.75, 3.05) is 16.4 Å². The molecule has 12 heterocycles. The zero-order chi connectivity index (χ0) is 57.1. The number of nitrogens with zero attached hydrogens (tertiary/aromatic N) is 9. The van der Waals surface area contributed by atoms with Crippen molar-refractivity contribution in [1.82, 2.24) is 74.5 Å². The molecule has 29 heteroatoms. The van der Waals surface area contributed by atoms with Crippen LogP contribution in [0.15, 0.2) is 92.8 Å². The van der Waals surface area contributed by atoms with Gasteiger partial charge in [0.25, 0.3) is 34.4 Å². The highest BCUT2D eigenvalue weighted by Gasteiger charge is 2.48. The Morgan fingerprint density at radius 1 is 0.470 bits per heavy atom. The summed E-state index contributed by atoms with van der Waals surface area (Å²) in [4.78, 5) is 110. The number of amides is 3. The fraction of sp³-hybridized carbons (Fsp3) is 0.333. The van der Waals surface area contributed by atoms with E-state index in [-0.39, 0.29) is 79.6 Å². The van der Waals surface area contributed by atoms with Gasteiger partial charge in [-0.05, 0) is 129 Å². The molecule has 10 N–H and O–H groups in total. The number of aromatic amines is 3. The van der Waals surface area contributed by atoms with Crippen molar-refractivity contribution < 1.29 is 14.4 Å². The summed E-state index contributed by atoms with van der Waals surface area (Å²) in [5.74, 6) is 0.703. The average Bonchev–Trinajstić information content (AvgIpc) is 4.55. The third kappa shape index (κ3) is 10.1. The number of aromatic nitrogens is 12. The lowest BCUT2D eigenvalue weighted by molar-refractivity contribution is 0.0867. The third-order valence-electron chi connectivity index (χ3n) is 16.0. The number of hydrogen-bond donors (Lipinski definition) is 9. The molecule has 0 saturated heterocycles. The van der Waals surface area contributed by atoms with Crippen LogP contribution in [0.4, 0.5) is 28.8 Å². The minimum Gasteiger partial charge on any atom is -0.383 e. The molecule has 9 aromatic heterocycles. The van der Waals surface area contributed by atoms with Crippen LogP contribution in [0.25, 0.3) is 33.1 Å². The maximum absolute atomic E-state index is 13.3. The number of rotatable bonds is 4. The normalized spacial score (nSPS) is 17.4. The van der Waals surface area contributed by atoms with Gasteiger partial charge in [-0.15, -0.1) is 12.4 Å². The van der Waals surface area contributed by atoms with Crippen molar-refractivity contribution in [2.45, 2.75) is 113 Å². The van der Waals surface area contributed by atoms with Crippen LogP contribution in [0.2, 0.25) is 15.1 Å². The van der Waals surface area contributed by atoms with Gasteiger partial charge in [0, 0.05) is 18.6 Å². The molecule has 430 valence electrons. The Hall–Kier alpha value is -7.84. The molecular weight excluding hydrogens is 1220 g/mol. The van der Waals surface area contributed by atoms with Gasteiger partial charge in [-0.1, -0.05) is 54.1 Å². The second kappa shape index (κ2) is 22.7. The van der Waals surface area contributed by atoms with E-state index in [0.29, 0.717) is 43.9 Å². The number of carbonyl (C=O) groups excluding carboxylic acids is 3. The Balaban J connectivity index is 0.000000121. The molecule has 0 unspecified atom stereocenters. The molecule has 3 aliphatic carbocycles. The van der Waals surface area contributed by atoms with Gasteiger partial charge in [0.15, 0.2) is 0 Å². The van der Waals surface area contributed by atoms with E-state index in [9.17, 15) is 28.8 Å². The highest BCUT2D eigenvalue weighted by molar-refractivity contribution is 9.10. The lowest BCUT2D eigenvalue weighted by atomic mass is 9.89. The molecule has 0 atom stereocenters. The summed E-state index contributed by atoms with van der Waals surface area (Å²) in [6.45, 7) is 0. The molecule has 24 nitrogen and oxygen atoms in total. The Morgan fingerprint density at radius 2 is 0.807 bits per heavy atom. The van der Waals surface area contributed by atoms with E-state index in [0.717, 1.165) is 118 Å². The van der Waals surface area contributed by atoms with Gasteiger partial charge in [-0.2, -0.15) is 0 Å². The first-order chi connectivity index (χ1) is 39.6. The fourth-order valence-electron chi connectivity index (χ4n) is 12.3. The van der Waals surface area contributed by atoms with Crippen LogP contribution in [0, 0.1) is 0 Å². The highest BCUT2D eigenvalue weighted by atomic mass is 79.9. The predicted molar refractivity (Wildman–Crippen MR) is 320 cm³/mol. The maximum Gasteiger partial charge on any atom is 0.276 e. The molecule has 3 spiro atoms. The molecule has 9 aromatic rings. The van der Waals surface area contributed by atoms with Gasteiger partial charge in [0.05, 0.1) is 35.7 Å². The smallest absolute Gasteiger partial charge is 0.276 e. The molecule has 83 heavy (non-hydrogen) atoms. The van der Waals surface area contributed by atoms with Crippen molar-refractivity contribution in [3.8, 4) is 0 Å². The Kier molecular flexibility index (Phi) is 15.6. The van der Waals surface area contributed by atoms with Crippen LogP contribution in [-0.2, 0) is 17.0 Å². The molecule has 3 fully saturated rings. The molecule has 6 aliphatic rings. The standard InChI is InChI=1S/2C18H17ClN6O2.C12H12BrClN2O2.C6H6N4.ClH/c2*19-11-8-12(23-15-10-4-7-20-14(10)21-9-22-15)17(27)25-13(11)16(26)24-18(25)5-2-1-3-6-18;13-7-6-8(14)9-10(17)15-12(16(9)11(7)18)4-2-1-3-5-12;7-5-4-1-2-8-6(4)10-3-9-5;/h2*4,7-9H,1-3,5-6H2,(H,24,26)(H2,20,21,22,23);6H,1-5H2,(H,15,17);1-3H,(H3,7,8,9,10);1H. The minimum atomic E-state index is -0.682. The van der Waals surface area contributed by atoms with Crippen molar-refractivity contribution in [2.24, 2.45) is 0 Å².